The van der Waals surface area contributed by atoms with Gasteiger partial charge >= 0.3 is 0 Å². The quantitative estimate of drug-likeness (QED) is 0.623. The molecule has 0 aliphatic rings. The fourth-order valence-corrected chi connectivity index (χ4v) is 2.60. The molecule has 0 radical (unpaired) electrons. The van der Waals surface area contributed by atoms with Crippen molar-refractivity contribution in [3.63, 3.8) is 0 Å². The number of pyridine rings is 1. The summed E-state index contributed by atoms with van der Waals surface area (Å²) in [6.07, 6.45) is 3.27. The van der Waals surface area contributed by atoms with E-state index in [1.807, 2.05) is 17.5 Å². The number of amides is 1. The third kappa shape index (κ3) is 3.43. The molecule has 2 aromatic heterocycles. The average molecular weight is 293 g/mol. The molecule has 3 nitrogen and oxygen atoms in total. The lowest BCUT2D eigenvalue weighted by Gasteiger charge is -2.20. The Bertz CT molecular complexity index is 569. The van der Waals surface area contributed by atoms with Crippen LogP contribution in [0.2, 0.25) is 5.15 Å². The van der Waals surface area contributed by atoms with Crippen LogP contribution in [-0.4, -0.2) is 22.3 Å². The van der Waals surface area contributed by atoms with E-state index in [9.17, 15) is 4.79 Å². The zero-order valence-corrected chi connectivity index (χ0v) is 11.8. The highest BCUT2D eigenvalue weighted by atomic mass is 35.5. The third-order valence-electron chi connectivity index (χ3n) is 2.55. The molecule has 0 fully saturated rings. The van der Waals surface area contributed by atoms with Gasteiger partial charge < -0.3 is 4.90 Å². The van der Waals surface area contributed by atoms with Crippen molar-refractivity contribution in [3.05, 3.63) is 64.1 Å². The standard InChI is InChI=1S/C14H13ClN2OS/c1-2-8-17(10-11-5-4-9-19-11)14(18)12-6-3-7-16-13(12)15/h2-7,9H,1,8,10H2. The molecule has 2 heterocycles. The highest BCUT2D eigenvalue weighted by molar-refractivity contribution is 7.09. The summed E-state index contributed by atoms with van der Waals surface area (Å²) in [6, 6.07) is 7.35. The SMILES string of the molecule is C=CCN(Cc1cccs1)C(=O)c1cccnc1Cl. The lowest BCUT2D eigenvalue weighted by atomic mass is 10.2. The van der Waals surface area contributed by atoms with Crippen LogP contribution in [0.5, 0.6) is 0 Å². The highest BCUT2D eigenvalue weighted by Gasteiger charge is 2.18. The second kappa shape index (κ2) is 6.50. The zero-order chi connectivity index (χ0) is 13.7. The van der Waals surface area contributed by atoms with Gasteiger partial charge in [-0.25, -0.2) is 4.98 Å². The molecule has 0 saturated heterocycles. The van der Waals surface area contributed by atoms with Gasteiger partial charge in [0, 0.05) is 17.6 Å². The molecule has 1 amide bonds. The van der Waals surface area contributed by atoms with Gasteiger partial charge in [-0.2, -0.15) is 0 Å². The van der Waals surface area contributed by atoms with Crippen molar-refractivity contribution < 1.29 is 4.79 Å². The second-order valence-electron chi connectivity index (χ2n) is 3.90. The zero-order valence-electron chi connectivity index (χ0n) is 10.3. The highest BCUT2D eigenvalue weighted by Crippen LogP contribution is 2.18. The molecule has 0 aliphatic heterocycles. The molecule has 0 bridgehead atoms. The minimum atomic E-state index is -0.133. The van der Waals surface area contributed by atoms with E-state index >= 15 is 0 Å². The molecule has 98 valence electrons. The molecule has 0 saturated carbocycles. The summed E-state index contributed by atoms with van der Waals surface area (Å²) in [5.74, 6) is -0.133. The first-order chi connectivity index (χ1) is 9.22. The Morgan fingerprint density at radius 3 is 2.95 bits per heavy atom. The number of nitrogens with zero attached hydrogens (tertiary/aromatic N) is 2. The lowest BCUT2D eigenvalue weighted by molar-refractivity contribution is 0.0764. The minimum absolute atomic E-state index is 0.133. The van der Waals surface area contributed by atoms with Crippen molar-refractivity contribution in [2.24, 2.45) is 0 Å². The van der Waals surface area contributed by atoms with Gasteiger partial charge in [0.05, 0.1) is 12.1 Å². The van der Waals surface area contributed by atoms with Crippen LogP contribution >= 0.6 is 22.9 Å². The maximum absolute atomic E-state index is 12.4. The molecule has 0 aromatic carbocycles. The normalized spacial score (nSPS) is 10.2. The summed E-state index contributed by atoms with van der Waals surface area (Å²) in [4.78, 5) is 19.2. The maximum atomic E-state index is 12.4. The number of carbonyl (C=O) groups excluding carboxylic acids is 1. The van der Waals surface area contributed by atoms with E-state index in [1.54, 1.807) is 40.6 Å². The molecule has 2 rings (SSSR count). The Balaban J connectivity index is 2.21. The van der Waals surface area contributed by atoms with Crippen molar-refractivity contribution >= 4 is 28.8 Å². The number of carbonyl (C=O) groups is 1. The Morgan fingerprint density at radius 1 is 1.47 bits per heavy atom. The molecule has 0 N–H and O–H groups in total. The van der Waals surface area contributed by atoms with Gasteiger partial charge in [-0.1, -0.05) is 23.7 Å². The van der Waals surface area contributed by atoms with Gasteiger partial charge in [-0.3, -0.25) is 4.79 Å². The van der Waals surface area contributed by atoms with E-state index in [1.165, 1.54) is 0 Å². The number of aromatic nitrogens is 1. The summed E-state index contributed by atoms with van der Waals surface area (Å²) in [5, 5.41) is 2.22. The summed E-state index contributed by atoms with van der Waals surface area (Å²) < 4.78 is 0. The van der Waals surface area contributed by atoms with Crippen LogP contribution in [0.25, 0.3) is 0 Å². The summed E-state index contributed by atoms with van der Waals surface area (Å²) in [5.41, 5.74) is 0.419. The molecule has 0 atom stereocenters. The predicted octanol–water partition coefficient (Wildman–Crippen LogP) is 3.62. The largest absolute Gasteiger partial charge is 0.330 e. The van der Waals surface area contributed by atoms with E-state index in [0.29, 0.717) is 18.7 Å². The van der Waals surface area contributed by atoms with Crippen LogP contribution in [-0.2, 0) is 6.54 Å². The van der Waals surface area contributed by atoms with Gasteiger partial charge in [-0.05, 0) is 23.6 Å². The molecular formula is C14H13ClN2OS. The molecule has 0 spiro atoms. The first-order valence-corrected chi connectivity index (χ1v) is 7.01. The average Bonchev–Trinajstić information content (AvgIpc) is 2.91. The van der Waals surface area contributed by atoms with Gasteiger partial charge in [0.1, 0.15) is 5.15 Å². The predicted molar refractivity (Wildman–Crippen MR) is 78.5 cm³/mol. The van der Waals surface area contributed by atoms with Crippen molar-refractivity contribution in [1.82, 2.24) is 9.88 Å². The van der Waals surface area contributed by atoms with E-state index in [-0.39, 0.29) is 11.1 Å². The molecule has 0 unspecified atom stereocenters. The van der Waals surface area contributed by atoms with Crippen molar-refractivity contribution in [2.75, 3.05) is 6.54 Å². The summed E-state index contributed by atoms with van der Waals surface area (Å²) in [6.45, 7) is 4.71. The van der Waals surface area contributed by atoms with E-state index < -0.39 is 0 Å². The van der Waals surface area contributed by atoms with Gasteiger partial charge in [-0.15, -0.1) is 17.9 Å². The van der Waals surface area contributed by atoms with Crippen molar-refractivity contribution in [1.29, 1.82) is 0 Å². The van der Waals surface area contributed by atoms with Crippen molar-refractivity contribution in [2.45, 2.75) is 6.54 Å². The number of thiophene rings is 1. The smallest absolute Gasteiger partial charge is 0.257 e. The number of hydrogen-bond acceptors (Lipinski definition) is 3. The first kappa shape index (κ1) is 13.8. The number of hydrogen-bond donors (Lipinski definition) is 0. The molecule has 2 aromatic rings. The van der Waals surface area contributed by atoms with E-state index in [0.717, 1.165) is 4.88 Å². The van der Waals surface area contributed by atoms with Gasteiger partial charge in [0.2, 0.25) is 0 Å². The van der Waals surface area contributed by atoms with Crippen LogP contribution in [0, 0.1) is 0 Å². The Labute approximate surface area is 121 Å². The topological polar surface area (TPSA) is 33.2 Å². The molecular weight excluding hydrogens is 280 g/mol. The molecule has 19 heavy (non-hydrogen) atoms. The van der Waals surface area contributed by atoms with Gasteiger partial charge in [0.15, 0.2) is 0 Å². The minimum Gasteiger partial charge on any atom is -0.330 e. The fourth-order valence-electron chi connectivity index (χ4n) is 1.68. The summed E-state index contributed by atoms with van der Waals surface area (Å²) >= 11 is 7.58. The summed E-state index contributed by atoms with van der Waals surface area (Å²) in [7, 11) is 0. The third-order valence-corrected chi connectivity index (χ3v) is 3.72. The van der Waals surface area contributed by atoms with Crippen LogP contribution in [0.1, 0.15) is 15.2 Å². The van der Waals surface area contributed by atoms with Crippen LogP contribution < -0.4 is 0 Å². The van der Waals surface area contributed by atoms with Crippen LogP contribution in [0.3, 0.4) is 0 Å². The van der Waals surface area contributed by atoms with Crippen molar-refractivity contribution in [3.8, 4) is 0 Å². The second-order valence-corrected chi connectivity index (χ2v) is 5.29. The number of halogens is 1. The fraction of sp³-hybridized carbons (Fsp3) is 0.143. The molecule has 0 aliphatic carbocycles. The lowest BCUT2D eigenvalue weighted by Crippen LogP contribution is -2.30. The number of rotatable bonds is 5. The molecule has 5 heteroatoms. The first-order valence-electron chi connectivity index (χ1n) is 5.75. The maximum Gasteiger partial charge on any atom is 0.257 e. The van der Waals surface area contributed by atoms with Gasteiger partial charge in [0.25, 0.3) is 5.91 Å². The Hall–Kier alpha value is -1.65. The van der Waals surface area contributed by atoms with Crippen LogP contribution in [0.15, 0.2) is 48.5 Å². The van der Waals surface area contributed by atoms with E-state index in [4.69, 9.17) is 11.6 Å². The van der Waals surface area contributed by atoms with E-state index in [2.05, 4.69) is 11.6 Å². The van der Waals surface area contributed by atoms with Crippen LogP contribution in [0.4, 0.5) is 0 Å². The monoisotopic (exact) mass is 292 g/mol. The Morgan fingerprint density at radius 2 is 2.32 bits per heavy atom. The Kier molecular flexibility index (Phi) is 4.71.